The van der Waals surface area contributed by atoms with Crippen molar-refractivity contribution in [1.29, 1.82) is 0 Å². The van der Waals surface area contributed by atoms with Gasteiger partial charge in [-0.3, -0.25) is 10.1 Å². The lowest BCUT2D eigenvalue weighted by Gasteiger charge is -2.18. The Morgan fingerprint density at radius 3 is 2.75 bits per heavy atom. The smallest absolute Gasteiger partial charge is 0.318 e. The van der Waals surface area contributed by atoms with Crippen LogP contribution in [0.15, 0.2) is 22.7 Å². The number of nitrogens with one attached hydrogen (secondary N) is 1. The van der Waals surface area contributed by atoms with E-state index in [1.807, 2.05) is 35.5 Å². The fourth-order valence-corrected chi connectivity index (χ4v) is 2.14. The Hall–Kier alpha value is -1.60. The van der Waals surface area contributed by atoms with E-state index >= 15 is 0 Å². The Labute approximate surface area is 126 Å². The van der Waals surface area contributed by atoms with Crippen molar-refractivity contribution in [3.8, 4) is 5.75 Å². The number of nitrogens with zero attached hydrogens (tertiary/aromatic N) is 1. The number of amides is 3. The molecule has 0 saturated carbocycles. The topological polar surface area (TPSA) is 84.7 Å². The van der Waals surface area contributed by atoms with E-state index in [4.69, 9.17) is 10.5 Å². The second-order valence-electron chi connectivity index (χ2n) is 4.36. The Bertz CT molecular complexity index is 494. The highest BCUT2D eigenvalue weighted by atomic mass is 79.9. The zero-order chi connectivity index (χ0) is 15.1. The van der Waals surface area contributed by atoms with Crippen molar-refractivity contribution in [2.24, 2.45) is 5.73 Å². The molecule has 3 N–H and O–H groups in total. The Balaban J connectivity index is 2.54. The SMILES string of the molecule is COc1ccc(Br)cc1CN(C)CCC(=O)NC(N)=O. The number of ether oxygens (including phenoxy) is 1. The van der Waals surface area contributed by atoms with Gasteiger partial charge in [0.2, 0.25) is 5.91 Å². The molecule has 7 heteroatoms. The van der Waals surface area contributed by atoms with Gasteiger partial charge in [0, 0.05) is 29.5 Å². The molecule has 0 unspecified atom stereocenters. The lowest BCUT2D eigenvalue weighted by Crippen LogP contribution is -2.36. The van der Waals surface area contributed by atoms with E-state index < -0.39 is 6.03 Å². The van der Waals surface area contributed by atoms with Crippen LogP contribution in [0.1, 0.15) is 12.0 Å². The maximum absolute atomic E-state index is 11.3. The number of rotatable bonds is 6. The summed E-state index contributed by atoms with van der Waals surface area (Å²) in [6, 6.07) is 4.93. The van der Waals surface area contributed by atoms with Gasteiger partial charge in [-0.25, -0.2) is 4.79 Å². The number of imide groups is 1. The number of methoxy groups -OCH3 is 1. The molecule has 1 aromatic rings. The number of primary amides is 1. The summed E-state index contributed by atoms with van der Waals surface area (Å²) < 4.78 is 6.26. The van der Waals surface area contributed by atoms with Crippen LogP contribution in [0.25, 0.3) is 0 Å². The number of benzene rings is 1. The maximum Gasteiger partial charge on any atom is 0.318 e. The van der Waals surface area contributed by atoms with E-state index in [-0.39, 0.29) is 12.3 Å². The van der Waals surface area contributed by atoms with Crippen molar-refractivity contribution in [3.63, 3.8) is 0 Å². The van der Waals surface area contributed by atoms with Gasteiger partial charge >= 0.3 is 6.03 Å². The Morgan fingerprint density at radius 2 is 2.15 bits per heavy atom. The fourth-order valence-electron chi connectivity index (χ4n) is 1.73. The first-order valence-corrected chi connectivity index (χ1v) is 6.82. The summed E-state index contributed by atoms with van der Waals surface area (Å²) in [5.74, 6) is 0.409. The highest BCUT2D eigenvalue weighted by molar-refractivity contribution is 9.10. The molecule has 1 aromatic carbocycles. The first-order valence-electron chi connectivity index (χ1n) is 6.02. The summed E-state index contributed by atoms with van der Waals surface area (Å²) in [5.41, 5.74) is 5.89. The lowest BCUT2D eigenvalue weighted by molar-refractivity contribution is -0.120. The molecule has 20 heavy (non-hydrogen) atoms. The van der Waals surface area contributed by atoms with Crippen LogP contribution in [0.4, 0.5) is 4.79 Å². The molecule has 0 aromatic heterocycles. The minimum atomic E-state index is -0.827. The van der Waals surface area contributed by atoms with Crippen LogP contribution in [0.3, 0.4) is 0 Å². The average molecular weight is 344 g/mol. The zero-order valence-corrected chi connectivity index (χ0v) is 13.1. The van der Waals surface area contributed by atoms with E-state index in [1.165, 1.54) is 0 Å². The number of hydrogen-bond donors (Lipinski definition) is 2. The number of nitrogens with two attached hydrogens (primary N) is 1. The van der Waals surface area contributed by atoms with Crippen molar-refractivity contribution in [2.45, 2.75) is 13.0 Å². The van der Waals surface area contributed by atoms with E-state index in [1.54, 1.807) is 7.11 Å². The van der Waals surface area contributed by atoms with Gasteiger partial charge in [0.25, 0.3) is 0 Å². The molecular weight excluding hydrogens is 326 g/mol. The van der Waals surface area contributed by atoms with Gasteiger partial charge in [-0.05, 0) is 25.2 Å². The molecule has 0 aliphatic carbocycles. The number of carbonyl (C=O) groups is 2. The average Bonchev–Trinajstić information content (AvgIpc) is 2.36. The molecule has 110 valence electrons. The number of urea groups is 1. The molecule has 0 aliphatic heterocycles. The predicted molar refractivity (Wildman–Crippen MR) is 79.4 cm³/mol. The van der Waals surface area contributed by atoms with Crippen molar-refractivity contribution in [3.05, 3.63) is 28.2 Å². The largest absolute Gasteiger partial charge is 0.496 e. The molecule has 0 heterocycles. The minimum Gasteiger partial charge on any atom is -0.496 e. The summed E-state index contributed by atoms with van der Waals surface area (Å²) in [7, 11) is 3.50. The molecule has 0 bridgehead atoms. The van der Waals surface area contributed by atoms with Gasteiger partial charge in [-0.1, -0.05) is 15.9 Å². The number of halogens is 1. The third kappa shape index (κ3) is 5.58. The second kappa shape index (κ2) is 7.86. The van der Waals surface area contributed by atoms with Crippen molar-refractivity contribution in [1.82, 2.24) is 10.2 Å². The molecule has 0 spiro atoms. The minimum absolute atomic E-state index is 0.204. The molecule has 3 amide bonds. The fraction of sp³-hybridized carbons (Fsp3) is 0.385. The van der Waals surface area contributed by atoms with Crippen LogP contribution in [0, 0.1) is 0 Å². The molecule has 0 fully saturated rings. The summed E-state index contributed by atoms with van der Waals surface area (Å²) in [6.07, 6.45) is 0.204. The van der Waals surface area contributed by atoms with Crippen molar-refractivity contribution >= 4 is 27.9 Å². The summed E-state index contributed by atoms with van der Waals surface area (Å²) in [6.45, 7) is 1.14. The summed E-state index contributed by atoms with van der Waals surface area (Å²) in [4.78, 5) is 23.8. The van der Waals surface area contributed by atoms with E-state index in [9.17, 15) is 9.59 Å². The Morgan fingerprint density at radius 1 is 1.45 bits per heavy atom. The first-order chi connectivity index (χ1) is 9.42. The second-order valence-corrected chi connectivity index (χ2v) is 5.27. The van der Waals surface area contributed by atoms with Gasteiger partial charge < -0.3 is 15.4 Å². The van der Waals surface area contributed by atoms with Gasteiger partial charge in [0.15, 0.2) is 0 Å². The molecule has 0 radical (unpaired) electrons. The van der Waals surface area contributed by atoms with Crippen LogP contribution in [0.5, 0.6) is 5.75 Å². The standard InChI is InChI=1S/C13H18BrN3O3/c1-17(6-5-12(18)16-13(15)19)8-9-7-10(14)3-4-11(9)20-2/h3-4,7H,5-6,8H2,1-2H3,(H3,15,16,18,19). The van der Waals surface area contributed by atoms with E-state index in [0.717, 1.165) is 15.8 Å². The molecule has 1 rings (SSSR count). The highest BCUT2D eigenvalue weighted by Crippen LogP contribution is 2.23. The maximum atomic E-state index is 11.3. The molecule has 0 atom stereocenters. The van der Waals surface area contributed by atoms with Crippen LogP contribution in [-0.4, -0.2) is 37.5 Å². The van der Waals surface area contributed by atoms with Gasteiger partial charge in [-0.15, -0.1) is 0 Å². The van der Waals surface area contributed by atoms with E-state index in [2.05, 4.69) is 15.9 Å². The predicted octanol–water partition coefficient (Wildman–Crippen LogP) is 1.47. The summed E-state index contributed by atoms with van der Waals surface area (Å²) >= 11 is 3.42. The quantitative estimate of drug-likeness (QED) is 0.819. The molecule has 0 aliphatic rings. The van der Waals surface area contributed by atoms with E-state index in [0.29, 0.717) is 13.1 Å². The van der Waals surface area contributed by atoms with Crippen molar-refractivity contribution in [2.75, 3.05) is 20.7 Å². The van der Waals surface area contributed by atoms with Gasteiger partial charge in [-0.2, -0.15) is 0 Å². The van der Waals surface area contributed by atoms with Gasteiger partial charge in [0.1, 0.15) is 5.75 Å². The monoisotopic (exact) mass is 343 g/mol. The van der Waals surface area contributed by atoms with Gasteiger partial charge in [0.05, 0.1) is 7.11 Å². The van der Waals surface area contributed by atoms with Crippen LogP contribution >= 0.6 is 15.9 Å². The normalized spacial score (nSPS) is 10.4. The number of carbonyl (C=O) groups excluding carboxylic acids is 2. The zero-order valence-electron chi connectivity index (χ0n) is 11.5. The van der Waals surface area contributed by atoms with Crippen LogP contribution < -0.4 is 15.8 Å². The Kier molecular flexibility index (Phi) is 6.47. The lowest BCUT2D eigenvalue weighted by atomic mass is 10.2. The van der Waals surface area contributed by atoms with Crippen LogP contribution in [0.2, 0.25) is 0 Å². The number of hydrogen-bond acceptors (Lipinski definition) is 4. The van der Waals surface area contributed by atoms with Crippen molar-refractivity contribution < 1.29 is 14.3 Å². The van der Waals surface area contributed by atoms with Crippen LogP contribution in [-0.2, 0) is 11.3 Å². The summed E-state index contributed by atoms with van der Waals surface area (Å²) in [5, 5.41) is 2.03. The third-order valence-electron chi connectivity index (χ3n) is 2.67. The third-order valence-corrected chi connectivity index (χ3v) is 3.16. The molecular formula is C13H18BrN3O3. The highest BCUT2D eigenvalue weighted by Gasteiger charge is 2.10. The first kappa shape index (κ1) is 16.5. The molecule has 0 saturated heterocycles. The molecule has 6 nitrogen and oxygen atoms in total.